The zero-order valence-corrected chi connectivity index (χ0v) is 19.2. The molecule has 2 heterocycles. The minimum atomic E-state index is -4.83. The zero-order chi connectivity index (χ0) is 26.7. The van der Waals surface area contributed by atoms with E-state index in [1.165, 1.54) is 23.1 Å². The number of carbonyl (C=O) groups excluding carboxylic acids is 3. The fraction of sp³-hybridized carbons (Fsp3) is 0.250. The van der Waals surface area contributed by atoms with Gasteiger partial charge in [-0.1, -0.05) is 12.1 Å². The highest BCUT2D eigenvalue weighted by atomic mass is 19.4. The average molecular weight is 519 g/mol. The predicted octanol–water partition coefficient (Wildman–Crippen LogP) is 2.65. The topological polar surface area (TPSA) is 119 Å². The molecule has 0 bridgehead atoms. The Hall–Kier alpha value is -4.42. The second kappa shape index (κ2) is 10.3. The number of hydrogen-bond donors (Lipinski definition) is 3. The van der Waals surface area contributed by atoms with Gasteiger partial charge in [0.15, 0.2) is 0 Å². The summed E-state index contributed by atoms with van der Waals surface area (Å²) < 4.78 is 53.3. The van der Waals surface area contributed by atoms with E-state index in [2.05, 4.69) is 15.5 Å². The van der Waals surface area contributed by atoms with Gasteiger partial charge in [0.2, 0.25) is 5.91 Å². The van der Waals surface area contributed by atoms with Gasteiger partial charge < -0.3 is 20.2 Å². The molecule has 1 aliphatic rings. The smallest absolute Gasteiger partial charge is 0.417 e. The van der Waals surface area contributed by atoms with E-state index in [0.717, 1.165) is 4.90 Å². The molecule has 9 nitrogen and oxygen atoms in total. The maximum Gasteiger partial charge on any atom is 0.417 e. The number of H-pyrrole nitrogens is 1. The molecule has 0 atom stereocenters. The van der Waals surface area contributed by atoms with Gasteiger partial charge in [-0.05, 0) is 36.4 Å². The molecule has 3 N–H and O–H groups in total. The van der Waals surface area contributed by atoms with Gasteiger partial charge in [0.1, 0.15) is 17.3 Å². The lowest BCUT2D eigenvalue weighted by Crippen LogP contribution is -2.52. The van der Waals surface area contributed by atoms with Crippen LogP contribution in [0.5, 0.6) is 5.75 Å². The summed E-state index contributed by atoms with van der Waals surface area (Å²) in [4.78, 5) is 40.1. The van der Waals surface area contributed by atoms with Crippen molar-refractivity contribution in [1.29, 1.82) is 0 Å². The first-order valence-corrected chi connectivity index (χ1v) is 11.1. The van der Waals surface area contributed by atoms with Gasteiger partial charge in [-0.25, -0.2) is 4.39 Å². The fourth-order valence-electron chi connectivity index (χ4n) is 3.88. The predicted molar refractivity (Wildman–Crippen MR) is 122 cm³/mol. The van der Waals surface area contributed by atoms with Crippen molar-refractivity contribution < 1.29 is 37.1 Å². The second-order valence-electron chi connectivity index (χ2n) is 8.26. The van der Waals surface area contributed by atoms with Crippen LogP contribution in [0.3, 0.4) is 0 Å². The van der Waals surface area contributed by atoms with Crippen molar-refractivity contribution in [1.82, 2.24) is 25.3 Å². The Balaban J connectivity index is 1.31. The number of rotatable bonds is 5. The lowest BCUT2D eigenvalue weighted by Gasteiger charge is -2.35. The molecule has 194 valence electrons. The molecule has 1 saturated heterocycles. The van der Waals surface area contributed by atoms with Crippen LogP contribution in [0, 0.1) is 5.82 Å². The molecule has 0 unspecified atom stereocenters. The number of nitrogens with one attached hydrogen (secondary N) is 2. The Morgan fingerprint density at radius 2 is 1.70 bits per heavy atom. The third-order valence-electron chi connectivity index (χ3n) is 5.80. The van der Waals surface area contributed by atoms with Gasteiger partial charge in [0, 0.05) is 31.7 Å². The van der Waals surface area contributed by atoms with Crippen LogP contribution in [0.4, 0.5) is 17.6 Å². The summed E-state index contributed by atoms with van der Waals surface area (Å²) in [5, 5.41) is 18.6. The van der Waals surface area contributed by atoms with Gasteiger partial charge in [-0.2, -0.15) is 18.3 Å². The Morgan fingerprint density at radius 3 is 2.38 bits per heavy atom. The minimum Gasteiger partial charge on any atom is -0.508 e. The molecule has 13 heteroatoms. The Kier molecular flexibility index (Phi) is 7.14. The van der Waals surface area contributed by atoms with Crippen LogP contribution in [0.1, 0.15) is 26.4 Å². The molecule has 4 rings (SSSR count). The fourth-order valence-corrected chi connectivity index (χ4v) is 3.88. The van der Waals surface area contributed by atoms with Crippen molar-refractivity contribution in [3.63, 3.8) is 0 Å². The van der Waals surface area contributed by atoms with Crippen LogP contribution < -0.4 is 5.32 Å². The standard InChI is InChI=1S/C24H21F4N5O4/c25-15-4-5-18(24(26,27)28)17(11-15)23(37)33-8-6-32(7-9-33)21(35)13-29-22(36)20-12-19(30-31-20)14-2-1-3-16(34)10-14/h1-5,10-12,34H,6-9,13H2,(H,29,36)(H,30,31). The molecule has 3 aromatic rings. The first-order chi connectivity index (χ1) is 17.5. The number of amides is 3. The number of nitrogens with zero attached hydrogens (tertiary/aromatic N) is 3. The number of hydrogen-bond acceptors (Lipinski definition) is 5. The number of phenols is 1. The van der Waals surface area contributed by atoms with Gasteiger partial charge in [-0.15, -0.1) is 0 Å². The molecular formula is C24H21F4N5O4. The summed E-state index contributed by atoms with van der Waals surface area (Å²) in [6.07, 6.45) is -4.83. The highest BCUT2D eigenvalue weighted by Gasteiger charge is 2.37. The molecule has 0 radical (unpaired) electrons. The largest absolute Gasteiger partial charge is 0.508 e. The molecule has 0 aliphatic carbocycles. The number of benzene rings is 2. The minimum absolute atomic E-state index is 0.0306. The van der Waals surface area contributed by atoms with Crippen LogP contribution in [0.25, 0.3) is 11.3 Å². The summed E-state index contributed by atoms with van der Waals surface area (Å²) in [5.41, 5.74) is -0.924. The highest BCUT2D eigenvalue weighted by Crippen LogP contribution is 2.33. The van der Waals surface area contributed by atoms with Crippen molar-refractivity contribution in [2.75, 3.05) is 32.7 Å². The summed E-state index contributed by atoms with van der Waals surface area (Å²) in [6, 6.07) is 9.47. The monoisotopic (exact) mass is 519 g/mol. The van der Waals surface area contributed by atoms with E-state index < -0.39 is 40.8 Å². The number of aromatic hydroxyl groups is 1. The number of carbonyl (C=O) groups is 3. The molecule has 0 spiro atoms. The summed E-state index contributed by atoms with van der Waals surface area (Å²) in [5.74, 6) is -2.95. The van der Waals surface area contributed by atoms with E-state index in [0.29, 0.717) is 29.5 Å². The second-order valence-corrected chi connectivity index (χ2v) is 8.26. The van der Waals surface area contributed by atoms with E-state index >= 15 is 0 Å². The summed E-state index contributed by atoms with van der Waals surface area (Å²) in [7, 11) is 0. The van der Waals surface area contributed by atoms with Crippen LogP contribution in [-0.4, -0.2) is 75.5 Å². The molecule has 37 heavy (non-hydrogen) atoms. The van der Waals surface area contributed by atoms with Crippen molar-refractivity contribution in [2.45, 2.75) is 6.18 Å². The Bertz CT molecular complexity index is 1330. The number of aromatic nitrogens is 2. The third kappa shape index (κ3) is 5.88. The Morgan fingerprint density at radius 1 is 1.00 bits per heavy atom. The van der Waals surface area contributed by atoms with Gasteiger partial charge in [0.05, 0.1) is 23.4 Å². The molecule has 1 fully saturated rings. The molecule has 0 saturated carbocycles. The van der Waals surface area contributed by atoms with Crippen LogP contribution in [-0.2, 0) is 11.0 Å². The van der Waals surface area contributed by atoms with Crippen LogP contribution >= 0.6 is 0 Å². The third-order valence-corrected chi connectivity index (χ3v) is 5.80. The number of phenolic OH excluding ortho intramolecular Hbond substituents is 1. The molecule has 1 aromatic heterocycles. The zero-order valence-electron chi connectivity index (χ0n) is 19.2. The molecule has 1 aliphatic heterocycles. The lowest BCUT2D eigenvalue weighted by atomic mass is 10.0. The molecular weight excluding hydrogens is 498 g/mol. The normalized spacial score (nSPS) is 13.9. The number of alkyl halides is 3. The number of piperazine rings is 1. The quantitative estimate of drug-likeness (QED) is 0.448. The van der Waals surface area contributed by atoms with Crippen LogP contribution in [0.2, 0.25) is 0 Å². The number of aromatic amines is 1. The maximum absolute atomic E-state index is 13.6. The van der Waals surface area contributed by atoms with Crippen molar-refractivity contribution >= 4 is 17.7 Å². The summed E-state index contributed by atoms with van der Waals surface area (Å²) >= 11 is 0. The number of halogens is 4. The van der Waals surface area contributed by atoms with Gasteiger partial charge >= 0.3 is 6.18 Å². The maximum atomic E-state index is 13.6. The van der Waals surface area contributed by atoms with Crippen molar-refractivity contribution in [2.24, 2.45) is 0 Å². The lowest BCUT2D eigenvalue weighted by molar-refractivity contribution is -0.138. The SMILES string of the molecule is O=C(NCC(=O)N1CCN(C(=O)c2cc(F)ccc2C(F)(F)F)CC1)c1cc(-c2cccc(O)c2)n[nH]1. The highest BCUT2D eigenvalue weighted by molar-refractivity contribution is 5.97. The first kappa shape index (κ1) is 25.7. The van der Waals surface area contributed by atoms with Crippen molar-refractivity contribution in [3.8, 4) is 17.0 Å². The molecule has 2 aromatic carbocycles. The van der Waals surface area contributed by atoms with Crippen LogP contribution in [0.15, 0.2) is 48.5 Å². The molecule has 3 amide bonds. The van der Waals surface area contributed by atoms with E-state index in [-0.39, 0.29) is 44.2 Å². The Labute approximate surface area is 207 Å². The van der Waals surface area contributed by atoms with E-state index in [1.54, 1.807) is 12.1 Å². The average Bonchev–Trinajstić information content (AvgIpc) is 3.36. The van der Waals surface area contributed by atoms with Gasteiger partial charge in [0.25, 0.3) is 11.8 Å². The first-order valence-electron chi connectivity index (χ1n) is 11.1. The van der Waals surface area contributed by atoms with E-state index in [9.17, 15) is 37.1 Å². The van der Waals surface area contributed by atoms with Crippen molar-refractivity contribution in [3.05, 3.63) is 71.2 Å². The summed E-state index contributed by atoms with van der Waals surface area (Å²) in [6.45, 7) is -0.401. The van der Waals surface area contributed by atoms with E-state index in [1.807, 2.05) is 0 Å². The van der Waals surface area contributed by atoms with Gasteiger partial charge in [-0.3, -0.25) is 19.5 Å². The van der Waals surface area contributed by atoms with E-state index in [4.69, 9.17) is 0 Å².